The zero-order valence-corrected chi connectivity index (χ0v) is 33.6. The van der Waals surface area contributed by atoms with E-state index in [1.54, 1.807) is 59.7 Å². The number of nitrogens with one attached hydrogen (secondary N) is 1. The summed E-state index contributed by atoms with van der Waals surface area (Å²) in [4.78, 5) is 54.9. The Morgan fingerprint density at radius 2 is 1.39 bits per heavy atom. The lowest BCUT2D eigenvalue weighted by molar-refractivity contribution is -0.161. The van der Waals surface area contributed by atoms with Crippen LogP contribution >= 0.6 is 11.6 Å². The topological polar surface area (TPSA) is 108 Å². The lowest BCUT2D eigenvalue weighted by atomic mass is 9.68. The number of hydrogen-bond donors (Lipinski definition) is 1. The van der Waals surface area contributed by atoms with Crippen molar-refractivity contribution in [1.29, 1.82) is 0 Å². The average Bonchev–Trinajstić information content (AvgIpc) is 2.99. The van der Waals surface area contributed by atoms with Crippen LogP contribution in [0, 0.1) is 22.2 Å². The van der Waals surface area contributed by atoms with Crippen LogP contribution in [0.5, 0.6) is 11.5 Å². The summed E-state index contributed by atoms with van der Waals surface area (Å²) >= 11 is 6.09. The van der Waals surface area contributed by atoms with Crippen molar-refractivity contribution in [2.45, 2.75) is 134 Å². The van der Waals surface area contributed by atoms with Crippen molar-refractivity contribution in [2.75, 3.05) is 0 Å². The number of fused-ring (bicyclic) bond motifs is 1. The molecule has 0 aliphatic heterocycles. The number of ether oxygens (including phenoxy) is 3. The van der Waals surface area contributed by atoms with Crippen LogP contribution < -0.4 is 14.8 Å². The first kappa shape index (κ1) is 41.8. The third-order valence-corrected chi connectivity index (χ3v) is 9.28. The number of carbonyl (C=O) groups is 4. The van der Waals surface area contributed by atoms with Gasteiger partial charge in [-0.15, -0.1) is 0 Å². The quantitative estimate of drug-likeness (QED) is 0.148. The fraction of sp³-hybridized carbons (Fsp3) is 0.571. The zero-order valence-electron chi connectivity index (χ0n) is 32.8. The minimum absolute atomic E-state index is 0.0104. The lowest BCUT2D eigenvalue weighted by Crippen LogP contribution is -2.39. The summed E-state index contributed by atoms with van der Waals surface area (Å²) in [5, 5.41) is 3.53. The van der Waals surface area contributed by atoms with Gasteiger partial charge in [-0.05, 0) is 137 Å². The summed E-state index contributed by atoms with van der Waals surface area (Å²) in [6.07, 6.45) is 3.71. The molecule has 1 N–H and O–H groups in total. The van der Waals surface area contributed by atoms with Crippen LogP contribution in [0.15, 0.2) is 42.0 Å². The van der Waals surface area contributed by atoms with Gasteiger partial charge in [0.1, 0.15) is 6.10 Å². The fourth-order valence-electron chi connectivity index (χ4n) is 5.94. The number of hydrogen-bond acceptors (Lipinski definition) is 7. The Morgan fingerprint density at radius 3 is 1.90 bits per heavy atom. The van der Waals surface area contributed by atoms with Crippen LogP contribution in [-0.4, -0.2) is 29.9 Å². The third kappa shape index (κ3) is 10.9. The Bertz CT molecular complexity index is 1630. The highest BCUT2D eigenvalue weighted by atomic mass is 35.5. The molecule has 9 heteroatoms. The first-order valence-corrected chi connectivity index (χ1v) is 18.3. The number of halogens is 1. The molecule has 8 nitrogen and oxygen atoms in total. The van der Waals surface area contributed by atoms with Gasteiger partial charge in [0.15, 0.2) is 11.5 Å². The van der Waals surface area contributed by atoms with Crippen molar-refractivity contribution in [3.63, 3.8) is 0 Å². The number of amides is 1. The van der Waals surface area contributed by atoms with E-state index < -0.39 is 40.2 Å². The molecule has 1 aliphatic carbocycles. The predicted molar refractivity (Wildman–Crippen MR) is 202 cm³/mol. The number of benzene rings is 2. The summed E-state index contributed by atoms with van der Waals surface area (Å²) in [6, 6.07) is 8.86. The molecular weight excluding hydrogens is 666 g/mol. The van der Waals surface area contributed by atoms with Gasteiger partial charge in [0.05, 0.1) is 21.8 Å². The molecule has 280 valence electrons. The average molecular weight is 724 g/mol. The highest BCUT2D eigenvalue weighted by Crippen LogP contribution is 2.53. The highest BCUT2D eigenvalue weighted by molar-refractivity contribution is 6.30. The van der Waals surface area contributed by atoms with E-state index in [1.807, 2.05) is 39.8 Å². The molecule has 0 bridgehead atoms. The summed E-state index contributed by atoms with van der Waals surface area (Å²) in [7, 11) is 0. The molecule has 0 heterocycles. The van der Waals surface area contributed by atoms with Gasteiger partial charge >= 0.3 is 17.9 Å². The Kier molecular flexibility index (Phi) is 13.4. The van der Waals surface area contributed by atoms with E-state index >= 15 is 0 Å². The van der Waals surface area contributed by atoms with Crippen LogP contribution in [0.3, 0.4) is 0 Å². The molecule has 0 saturated heterocycles. The Morgan fingerprint density at radius 1 is 0.863 bits per heavy atom. The number of rotatable bonds is 10. The molecule has 4 atom stereocenters. The molecule has 0 saturated carbocycles. The lowest BCUT2D eigenvalue weighted by Gasteiger charge is -2.41. The van der Waals surface area contributed by atoms with Gasteiger partial charge in [-0.3, -0.25) is 19.2 Å². The van der Waals surface area contributed by atoms with Gasteiger partial charge in [0, 0.05) is 23.0 Å². The molecule has 1 amide bonds. The Hall–Kier alpha value is -3.65. The molecular formula is C42H58ClNO7. The maximum Gasteiger partial charge on any atom is 0.316 e. The van der Waals surface area contributed by atoms with Crippen LogP contribution in [0.25, 0.3) is 0 Å². The monoisotopic (exact) mass is 723 g/mol. The number of allylic oxidation sites excluding steroid dienone is 2. The zero-order chi connectivity index (χ0) is 38.6. The van der Waals surface area contributed by atoms with Crippen molar-refractivity contribution in [2.24, 2.45) is 22.2 Å². The molecule has 2 aromatic carbocycles. The van der Waals surface area contributed by atoms with E-state index in [-0.39, 0.29) is 47.3 Å². The second kappa shape index (κ2) is 16.4. The second-order valence-electron chi connectivity index (χ2n) is 17.4. The summed E-state index contributed by atoms with van der Waals surface area (Å²) in [5.41, 5.74) is 0.889. The van der Waals surface area contributed by atoms with Gasteiger partial charge in [0.25, 0.3) is 5.91 Å². The van der Waals surface area contributed by atoms with Crippen molar-refractivity contribution < 1.29 is 33.4 Å². The maximum absolute atomic E-state index is 14.3. The summed E-state index contributed by atoms with van der Waals surface area (Å²) < 4.78 is 18.7. The molecule has 0 spiro atoms. The Balaban J connectivity index is 2.37. The first-order valence-electron chi connectivity index (χ1n) is 17.9. The minimum Gasteiger partial charge on any atom is -0.461 e. The first-order chi connectivity index (χ1) is 23.4. The van der Waals surface area contributed by atoms with E-state index in [1.165, 1.54) is 5.57 Å². The predicted octanol–water partition coefficient (Wildman–Crippen LogP) is 10.1. The number of esters is 3. The van der Waals surface area contributed by atoms with E-state index in [2.05, 4.69) is 32.2 Å². The van der Waals surface area contributed by atoms with Gasteiger partial charge in [0.2, 0.25) is 0 Å². The second-order valence-corrected chi connectivity index (χ2v) is 17.8. The van der Waals surface area contributed by atoms with E-state index in [0.29, 0.717) is 17.0 Å². The van der Waals surface area contributed by atoms with E-state index in [9.17, 15) is 19.2 Å². The molecule has 1 aliphatic rings. The third-order valence-electron chi connectivity index (χ3n) is 9.03. The van der Waals surface area contributed by atoms with Gasteiger partial charge in [-0.1, -0.05) is 49.2 Å². The molecule has 2 aromatic rings. The van der Waals surface area contributed by atoms with Crippen LogP contribution in [0.1, 0.15) is 148 Å². The fourth-order valence-corrected chi connectivity index (χ4v) is 6.06. The summed E-state index contributed by atoms with van der Waals surface area (Å²) in [5.74, 6) is -2.67. The number of carbonyl (C=O) groups excluding carboxylic acids is 4. The molecule has 0 unspecified atom stereocenters. The van der Waals surface area contributed by atoms with Gasteiger partial charge in [-0.25, -0.2) is 0 Å². The smallest absolute Gasteiger partial charge is 0.316 e. The van der Waals surface area contributed by atoms with Crippen LogP contribution in [0.2, 0.25) is 5.02 Å². The van der Waals surface area contributed by atoms with Crippen LogP contribution in [-0.2, 0) is 25.7 Å². The van der Waals surface area contributed by atoms with Crippen molar-refractivity contribution in [3.8, 4) is 11.5 Å². The van der Waals surface area contributed by atoms with Crippen LogP contribution in [0.4, 0.5) is 0 Å². The summed E-state index contributed by atoms with van der Waals surface area (Å²) in [6.45, 7) is 24.2. The van der Waals surface area contributed by atoms with Crippen molar-refractivity contribution in [3.05, 3.63) is 69.3 Å². The molecule has 0 aromatic heterocycles. The van der Waals surface area contributed by atoms with E-state index in [4.69, 9.17) is 25.8 Å². The molecule has 0 radical (unpaired) electrons. The van der Waals surface area contributed by atoms with Gasteiger partial charge < -0.3 is 19.5 Å². The SMILES string of the molecule is CC(C)=CCC[C@H](C)[C@H]1c2cc(C(=O)NCc3ccc(Cl)cc3)c(OC(=O)C(C)(C)C)c(OC(=O)C(C)(C)C)c2[C@H](C)C[C@H]1OC(=O)C(C)(C)C. The van der Waals surface area contributed by atoms with E-state index in [0.717, 1.165) is 24.0 Å². The highest BCUT2D eigenvalue weighted by Gasteiger charge is 2.44. The molecule has 3 rings (SSSR count). The Labute approximate surface area is 310 Å². The van der Waals surface area contributed by atoms with Gasteiger partial charge in [-0.2, -0.15) is 0 Å². The molecule has 0 fully saturated rings. The largest absolute Gasteiger partial charge is 0.461 e. The van der Waals surface area contributed by atoms with Crippen molar-refractivity contribution in [1.82, 2.24) is 5.32 Å². The normalized spacial score (nSPS) is 18.2. The maximum atomic E-state index is 14.3. The molecule has 51 heavy (non-hydrogen) atoms. The minimum atomic E-state index is -0.932. The van der Waals surface area contributed by atoms with Crippen molar-refractivity contribution >= 4 is 35.4 Å². The standard InChI is InChI=1S/C42H58ClNO7/c1-24(2)15-14-16-25(3)32-29-22-30(36(45)44-23-27-17-19-28(43)20-18-27)34(50-38(47)41(8,9)10)35(51-39(48)42(11,12)13)33(29)26(4)21-31(32)49-37(46)40(5,6)7/h15,17-20,22,25-26,31-32H,14,16,21,23H2,1-13H3,(H,44,45)/t25-,26+,31+,32-/m0/s1.